The average Bonchev–Trinajstić information content (AvgIpc) is 0.847. The zero-order chi connectivity index (χ0) is 78.6. The van der Waals surface area contributed by atoms with E-state index in [1.807, 2.05) is 172 Å². The van der Waals surface area contributed by atoms with Crippen molar-refractivity contribution >= 4 is 97.3 Å². The molecule has 0 amide bonds. The monoisotopic (exact) mass is 1490 g/mol. The van der Waals surface area contributed by atoms with Crippen LogP contribution in [0.25, 0.3) is 86.2 Å². The SMILES string of the molecule is Cc1cc(C#Cc2ccc(C(C)(C)C)cc2)ccc1-n1c(/C=C/c2ccc([N+](=O)[O-])o2)nc2ccccc2c1=O.Cc1cc(C#Cc2ccccc2)ccc1-n1c(/C=C/c2ccc([N+](=O)[O-])o2)nc2ccccc2c1=O.Cc1cc(C#Cc2ccccc2)ccc1-n1c(/C=C/c2ccc([N+](=O)[O-])s2)nc2ccccc2c1=O. The van der Waals surface area contributed by atoms with Gasteiger partial charge in [-0.3, -0.25) is 58.4 Å². The molecule has 6 aromatic heterocycles. The first-order valence-electron chi connectivity index (χ1n) is 35.0. The lowest BCUT2D eigenvalue weighted by Gasteiger charge is -2.18. The molecule has 0 radical (unpaired) electrons. The summed E-state index contributed by atoms with van der Waals surface area (Å²) in [5.74, 6) is 20.1. The number of aromatic nitrogens is 6. The van der Waals surface area contributed by atoms with Crippen molar-refractivity contribution in [1.82, 2.24) is 28.7 Å². The van der Waals surface area contributed by atoms with Crippen LogP contribution in [0.15, 0.2) is 272 Å². The zero-order valence-corrected chi connectivity index (χ0v) is 61.9. The Hall–Kier alpha value is -15.2. The van der Waals surface area contributed by atoms with E-state index in [1.165, 1.54) is 45.0 Å². The predicted molar refractivity (Wildman–Crippen MR) is 441 cm³/mol. The highest BCUT2D eigenvalue weighted by atomic mass is 32.1. The zero-order valence-electron chi connectivity index (χ0n) is 61.1. The van der Waals surface area contributed by atoms with Gasteiger partial charge in [-0.15, -0.1) is 0 Å². The van der Waals surface area contributed by atoms with E-state index in [0.29, 0.717) is 72.1 Å². The molecular weight excluding hydrogens is 1430 g/mol. The van der Waals surface area contributed by atoms with E-state index in [1.54, 1.807) is 95.6 Å². The summed E-state index contributed by atoms with van der Waals surface area (Å²) in [7, 11) is 0. The van der Waals surface area contributed by atoms with E-state index >= 15 is 0 Å². The van der Waals surface area contributed by atoms with Crippen molar-refractivity contribution in [3.8, 4) is 52.6 Å². The largest absolute Gasteiger partial charge is 0.433 e. The molecule has 0 aliphatic carbocycles. The minimum atomic E-state index is -0.604. The number of hydrogen-bond donors (Lipinski definition) is 0. The van der Waals surface area contributed by atoms with E-state index in [2.05, 4.69) is 73.4 Å². The Morgan fingerprint density at radius 3 is 1.03 bits per heavy atom. The van der Waals surface area contributed by atoms with E-state index in [9.17, 15) is 44.7 Å². The number of furan rings is 2. The number of thiophene rings is 1. The standard InChI is InChI=1S/C33H27N3O4.C29H19N3O4.C29H19N3O3S/c1-22-21-24(10-9-23-11-14-25(15-12-23)33(2,3)4)13-18-29(22)35-30(19-16-26-17-20-31(40-26)36(38)39)34-28-8-6-5-7-27(28)32(35)37;2*1-20-19-22(12-11-21-7-3-2-4-8-21)13-16-26(20)31-27(17-14-23-15-18-28(36-23)32(34)35)30-25-10-6-5-9-24(25)29(31)33/h5-8,11-21H,1-4H3;2*2-10,13-19H,1H3/b19-16+;2*17-14+. The molecule has 0 saturated carbocycles. The van der Waals surface area contributed by atoms with Gasteiger partial charge in [0.15, 0.2) is 0 Å². The fraction of sp³-hybridized carbons (Fsp3) is 0.0769. The molecule has 112 heavy (non-hydrogen) atoms. The smallest absolute Gasteiger partial charge is 0.401 e. The molecule has 15 aromatic rings. The molecule has 0 fully saturated rings. The highest BCUT2D eigenvalue weighted by Gasteiger charge is 2.20. The molecule has 0 aliphatic rings. The van der Waals surface area contributed by atoms with Gasteiger partial charge in [-0.1, -0.05) is 153 Å². The third-order valence-electron chi connectivity index (χ3n) is 17.6. The van der Waals surface area contributed by atoms with Crippen molar-refractivity contribution in [3.05, 3.63) is 400 Å². The lowest BCUT2D eigenvalue weighted by atomic mass is 9.87. The minimum absolute atomic E-state index is 0.0570. The van der Waals surface area contributed by atoms with Crippen LogP contribution in [0.5, 0.6) is 0 Å². The topological polar surface area (TPSA) is 260 Å². The Kier molecular flexibility index (Phi) is 22.3. The Balaban J connectivity index is 0.000000147. The van der Waals surface area contributed by atoms with Crippen LogP contribution >= 0.6 is 11.3 Å². The molecule has 20 nitrogen and oxygen atoms in total. The maximum atomic E-state index is 13.6. The molecule has 0 unspecified atom stereocenters. The third kappa shape index (κ3) is 17.6. The van der Waals surface area contributed by atoms with Crippen molar-refractivity contribution in [2.24, 2.45) is 0 Å². The molecular formula is C91H65N9O11S. The molecule has 0 spiro atoms. The summed E-state index contributed by atoms with van der Waals surface area (Å²) in [5, 5.41) is 34.5. The summed E-state index contributed by atoms with van der Waals surface area (Å²) in [5.41, 5.74) is 12.2. The molecule has 21 heteroatoms. The summed E-state index contributed by atoms with van der Waals surface area (Å²) in [4.78, 5) is 86.9. The number of aryl methyl sites for hydroxylation is 3. The van der Waals surface area contributed by atoms with Gasteiger partial charge in [-0.2, -0.15) is 0 Å². The van der Waals surface area contributed by atoms with Crippen LogP contribution in [0.2, 0.25) is 0 Å². The van der Waals surface area contributed by atoms with Crippen molar-refractivity contribution in [1.29, 1.82) is 0 Å². The molecule has 0 atom stereocenters. The lowest BCUT2D eigenvalue weighted by Crippen LogP contribution is -2.23. The van der Waals surface area contributed by atoms with E-state index in [4.69, 9.17) is 18.8 Å². The van der Waals surface area contributed by atoms with Crippen molar-refractivity contribution < 1.29 is 23.6 Å². The summed E-state index contributed by atoms with van der Waals surface area (Å²) >= 11 is 1.06. The van der Waals surface area contributed by atoms with Gasteiger partial charge in [0, 0.05) is 44.3 Å². The summed E-state index contributed by atoms with van der Waals surface area (Å²) in [6, 6.07) is 74.9. The quantitative estimate of drug-likeness (QED) is 0.0626. The van der Waals surface area contributed by atoms with Gasteiger partial charge < -0.3 is 8.83 Å². The van der Waals surface area contributed by atoms with Gasteiger partial charge in [0.1, 0.15) is 38.8 Å². The second-order valence-corrected chi connectivity index (χ2v) is 27.6. The van der Waals surface area contributed by atoms with Gasteiger partial charge in [-0.25, -0.2) is 15.0 Å². The van der Waals surface area contributed by atoms with Gasteiger partial charge in [0.25, 0.3) is 16.7 Å². The Labute approximate surface area is 645 Å². The maximum Gasteiger partial charge on any atom is 0.433 e. The fourth-order valence-corrected chi connectivity index (χ4v) is 12.7. The molecule has 0 bridgehead atoms. The highest BCUT2D eigenvalue weighted by Crippen LogP contribution is 2.29. The Morgan fingerprint density at radius 2 is 0.696 bits per heavy atom. The molecule has 0 N–H and O–H groups in total. The van der Waals surface area contributed by atoms with Crippen LogP contribution < -0.4 is 16.7 Å². The van der Waals surface area contributed by atoms with Crippen molar-refractivity contribution in [3.63, 3.8) is 0 Å². The first-order chi connectivity index (χ1) is 54.1. The molecule has 0 aliphatic heterocycles. The lowest BCUT2D eigenvalue weighted by molar-refractivity contribution is -0.402. The average molecular weight is 1490 g/mol. The number of hydrogen-bond acceptors (Lipinski definition) is 15. The fourth-order valence-electron chi connectivity index (χ4n) is 12.0. The molecule has 546 valence electrons. The third-order valence-corrected chi connectivity index (χ3v) is 18.6. The first kappa shape index (κ1) is 75.0. The second kappa shape index (κ2) is 33.3. The summed E-state index contributed by atoms with van der Waals surface area (Å²) < 4.78 is 15.1. The van der Waals surface area contributed by atoms with Gasteiger partial charge in [0.2, 0.25) is 0 Å². The van der Waals surface area contributed by atoms with Crippen LogP contribution in [0.1, 0.15) is 110 Å². The van der Waals surface area contributed by atoms with E-state index < -0.39 is 14.8 Å². The van der Waals surface area contributed by atoms with Crippen LogP contribution in [-0.2, 0) is 5.41 Å². The van der Waals surface area contributed by atoms with E-state index in [-0.39, 0.29) is 50.4 Å². The predicted octanol–water partition coefficient (Wildman–Crippen LogP) is 19.1. The van der Waals surface area contributed by atoms with Gasteiger partial charge in [-0.05, 0) is 230 Å². The Bertz CT molecular complexity index is 6420. The van der Waals surface area contributed by atoms with Crippen LogP contribution in [-0.4, -0.2) is 43.4 Å². The van der Waals surface area contributed by atoms with Crippen molar-refractivity contribution in [2.75, 3.05) is 0 Å². The number of nitrogens with zero attached hydrogens (tertiary/aromatic N) is 9. The Morgan fingerprint density at radius 1 is 0.366 bits per heavy atom. The number of para-hydroxylation sites is 3. The van der Waals surface area contributed by atoms with E-state index in [0.717, 1.165) is 61.4 Å². The normalized spacial score (nSPS) is 11.1. The van der Waals surface area contributed by atoms with Crippen LogP contribution in [0.4, 0.5) is 16.8 Å². The van der Waals surface area contributed by atoms with Crippen LogP contribution in [0.3, 0.4) is 0 Å². The summed E-state index contributed by atoms with van der Waals surface area (Å²) in [6.45, 7) is 12.3. The molecule has 9 aromatic carbocycles. The maximum absolute atomic E-state index is 13.6. The minimum Gasteiger partial charge on any atom is -0.401 e. The number of rotatable bonds is 12. The number of benzene rings is 9. The molecule has 15 rings (SSSR count). The molecule has 6 heterocycles. The summed E-state index contributed by atoms with van der Waals surface area (Å²) in [6.07, 6.45) is 9.78. The van der Waals surface area contributed by atoms with Gasteiger partial charge >= 0.3 is 16.8 Å². The highest BCUT2D eigenvalue weighted by molar-refractivity contribution is 7.16. The second-order valence-electron chi connectivity index (χ2n) is 26.5. The number of nitro groups is 3. The first-order valence-corrected chi connectivity index (χ1v) is 35.8. The van der Waals surface area contributed by atoms with Crippen molar-refractivity contribution in [2.45, 2.75) is 47.0 Å². The number of fused-ring (bicyclic) bond motifs is 3. The molecule has 0 saturated heterocycles. The van der Waals surface area contributed by atoms with Crippen LogP contribution in [0, 0.1) is 86.6 Å². The van der Waals surface area contributed by atoms with Gasteiger partial charge in [0.05, 0.1) is 66.8 Å².